The molecule has 3 aromatic heterocycles. The van der Waals surface area contributed by atoms with Crippen molar-refractivity contribution in [3.05, 3.63) is 71.4 Å². The lowest BCUT2D eigenvalue weighted by Gasteiger charge is -2.19. The van der Waals surface area contributed by atoms with E-state index in [-0.39, 0.29) is 0 Å². The standard InChI is InChI=1S/C25H24N4OS/c1-15-6-7-19(10-16(15)2)28(4)25-9-8-24-26-14-20(29(24)27-25)23-13-18-12-21(30-5)17(3)11-22(18)31-23/h6-14H,1-5H3. The largest absolute Gasteiger partial charge is 0.496 e. The lowest BCUT2D eigenvalue weighted by Crippen LogP contribution is -2.13. The number of aromatic nitrogens is 3. The first-order valence-electron chi connectivity index (χ1n) is 10.2. The van der Waals surface area contributed by atoms with Gasteiger partial charge in [0.2, 0.25) is 0 Å². The van der Waals surface area contributed by atoms with Gasteiger partial charge in [0.25, 0.3) is 0 Å². The molecule has 31 heavy (non-hydrogen) atoms. The van der Waals surface area contributed by atoms with Crippen LogP contribution in [0.2, 0.25) is 0 Å². The Morgan fingerprint density at radius 3 is 2.55 bits per heavy atom. The van der Waals surface area contributed by atoms with Gasteiger partial charge in [0.15, 0.2) is 11.5 Å². The van der Waals surface area contributed by atoms with Crippen molar-refractivity contribution in [2.45, 2.75) is 20.8 Å². The van der Waals surface area contributed by atoms with Crippen LogP contribution in [0.1, 0.15) is 16.7 Å². The van der Waals surface area contributed by atoms with Crippen molar-refractivity contribution >= 4 is 38.6 Å². The maximum Gasteiger partial charge on any atom is 0.154 e. The lowest BCUT2D eigenvalue weighted by molar-refractivity contribution is 0.412. The van der Waals surface area contributed by atoms with Gasteiger partial charge in [0, 0.05) is 17.4 Å². The summed E-state index contributed by atoms with van der Waals surface area (Å²) >= 11 is 1.75. The lowest BCUT2D eigenvalue weighted by atomic mass is 10.1. The first kappa shape index (κ1) is 19.6. The minimum atomic E-state index is 0.832. The zero-order valence-electron chi connectivity index (χ0n) is 18.3. The van der Waals surface area contributed by atoms with Gasteiger partial charge in [-0.15, -0.1) is 16.4 Å². The number of thiophene rings is 1. The van der Waals surface area contributed by atoms with E-state index in [4.69, 9.17) is 9.84 Å². The van der Waals surface area contributed by atoms with E-state index in [9.17, 15) is 0 Å². The molecule has 0 saturated carbocycles. The predicted molar refractivity (Wildman–Crippen MR) is 129 cm³/mol. The van der Waals surface area contributed by atoms with E-state index in [0.717, 1.165) is 39.0 Å². The van der Waals surface area contributed by atoms with Crippen LogP contribution in [-0.4, -0.2) is 28.8 Å². The smallest absolute Gasteiger partial charge is 0.154 e. The summed E-state index contributed by atoms with van der Waals surface area (Å²) in [4.78, 5) is 7.82. The Morgan fingerprint density at radius 2 is 1.77 bits per heavy atom. The fourth-order valence-electron chi connectivity index (χ4n) is 3.79. The minimum absolute atomic E-state index is 0.832. The predicted octanol–water partition coefficient (Wildman–Crippen LogP) is 6.31. The Hall–Kier alpha value is -3.38. The highest BCUT2D eigenvalue weighted by molar-refractivity contribution is 7.22. The molecule has 0 unspecified atom stereocenters. The molecule has 3 heterocycles. The number of nitrogens with zero attached hydrogens (tertiary/aromatic N) is 4. The fraction of sp³-hybridized carbons (Fsp3) is 0.200. The van der Waals surface area contributed by atoms with Crippen molar-refractivity contribution in [1.82, 2.24) is 14.6 Å². The highest BCUT2D eigenvalue weighted by atomic mass is 32.1. The molecule has 0 spiro atoms. The highest BCUT2D eigenvalue weighted by Crippen LogP contribution is 2.37. The molecule has 0 aliphatic carbocycles. The molecule has 0 amide bonds. The van der Waals surface area contributed by atoms with E-state index in [0.29, 0.717) is 0 Å². The van der Waals surface area contributed by atoms with Crippen molar-refractivity contribution < 1.29 is 4.74 Å². The second-order valence-electron chi connectivity index (χ2n) is 7.90. The Morgan fingerprint density at radius 1 is 0.935 bits per heavy atom. The van der Waals surface area contributed by atoms with Gasteiger partial charge >= 0.3 is 0 Å². The first-order valence-corrected chi connectivity index (χ1v) is 11.0. The number of hydrogen-bond acceptors (Lipinski definition) is 5. The maximum atomic E-state index is 5.49. The first-order chi connectivity index (χ1) is 14.9. The molecule has 6 heteroatoms. The van der Waals surface area contributed by atoms with Crippen LogP contribution in [-0.2, 0) is 0 Å². The van der Waals surface area contributed by atoms with Crippen LogP contribution in [0.3, 0.4) is 0 Å². The minimum Gasteiger partial charge on any atom is -0.496 e. The fourth-order valence-corrected chi connectivity index (χ4v) is 4.93. The Kier molecular flexibility index (Phi) is 4.67. The molecule has 2 aromatic carbocycles. The van der Waals surface area contributed by atoms with Gasteiger partial charge in [-0.3, -0.25) is 0 Å². The molecule has 0 N–H and O–H groups in total. The molecule has 0 atom stereocenters. The summed E-state index contributed by atoms with van der Waals surface area (Å²) in [6.45, 7) is 6.33. The van der Waals surface area contributed by atoms with E-state index in [1.54, 1.807) is 18.4 Å². The molecule has 0 radical (unpaired) electrons. The molecule has 5 aromatic rings. The van der Waals surface area contributed by atoms with E-state index in [1.165, 1.54) is 21.2 Å². The Balaban J connectivity index is 1.59. The van der Waals surface area contributed by atoms with Crippen molar-refractivity contribution in [1.29, 1.82) is 0 Å². The van der Waals surface area contributed by atoms with Gasteiger partial charge in [0.05, 0.1) is 18.2 Å². The van der Waals surface area contributed by atoms with E-state index in [2.05, 4.69) is 67.1 Å². The monoisotopic (exact) mass is 428 g/mol. The number of rotatable bonds is 4. The number of fused-ring (bicyclic) bond motifs is 2. The van der Waals surface area contributed by atoms with Crippen LogP contribution in [0.15, 0.2) is 54.7 Å². The summed E-state index contributed by atoms with van der Waals surface area (Å²) in [6, 6.07) is 17.0. The summed E-state index contributed by atoms with van der Waals surface area (Å²) in [6.07, 6.45) is 1.90. The molecule has 0 aliphatic heterocycles. The van der Waals surface area contributed by atoms with Crippen molar-refractivity contribution in [3.63, 3.8) is 0 Å². The van der Waals surface area contributed by atoms with Crippen LogP contribution in [0, 0.1) is 20.8 Å². The quantitative estimate of drug-likeness (QED) is 0.336. The number of hydrogen-bond donors (Lipinski definition) is 0. The highest BCUT2D eigenvalue weighted by Gasteiger charge is 2.14. The zero-order chi connectivity index (χ0) is 21.7. The summed E-state index contributed by atoms with van der Waals surface area (Å²) in [5, 5.41) is 6.09. The molecule has 0 saturated heterocycles. The third-order valence-corrected chi connectivity index (χ3v) is 6.98. The van der Waals surface area contributed by atoms with Crippen molar-refractivity contribution in [2.75, 3.05) is 19.1 Å². The van der Waals surface area contributed by atoms with Crippen LogP contribution < -0.4 is 9.64 Å². The SMILES string of the molecule is COc1cc2cc(-c3cnc4ccc(N(C)c5ccc(C)c(C)c5)nn34)sc2cc1C. The molecule has 5 nitrogen and oxygen atoms in total. The molecule has 0 fully saturated rings. The maximum absolute atomic E-state index is 5.49. The van der Waals surface area contributed by atoms with Gasteiger partial charge in [-0.05, 0) is 85.3 Å². The third kappa shape index (κ3) is 3.33. The Bertz CT molecular complexity index is 1430. The topological polar surface area (TPSA) is 42.7 Å². The normalized spacial score (nSPS) is 11.4. The molecule has 0 bridgehead atoms. The molecule has 156 valence electrons. The molecular formula is C25H24N4OS. The van der Waals surface area contributed by atoms with Gasteiger partial charge < -0.3 is 9.64 Å². The van der Waals surface area contributed by atoms with Crippen LogP contribution in [0.4, 0.5) is 11.5 Å². The average molecular weight is 429 g/mol. The van der Waals surface area contributed by atoms with Crippen LogP contribution in [0.25, 0.3) is 26.3 Å². The van der Waals surface area contributed by atoms with Gasteiger partial charge in [-0.25, -0.2) is 9.50 Å². The summed E-state index contributed by atoms with van der Waals surface area (Å²) < 4.78 is 8.65. The van der Waals surface area contributed by atoms with Gasteiger partial charge in [-0.1, -0.05) is 6.07 Å². The number of aryl methyl sites for hydroxylation is 3. The molecule has 5 rings (SSSR count). The summed E-state index contributed by atoms with van der Waals surface area (Å²) in [5.41, 5.74) is 6.62. The zero-order valence-corrected chi connectivity index (χ0v) is 19.1. The van der Waals surface area contributed by atoms with Gasteiger partial charge in [0.1, 0.15) is 11.4 Å². The van der Waals surface area contributed by atoms with Crippen LogP contribution in [0.5, 0.6) is 5.75 Å². The number of anilines is 2. The average Bonchev–Trinajstić information content (AvgIpc) is 3.37. The number of benzene rings is 2. The number of ether oxygens (including phenoxy) is 1. The molecule has 0 aliphatic rings. The molecular weight excluding hydrogens is 404 g/mol. The summed E-state index contributed by atoms with van der Waals surface area (Å²) in [5.74, 6) is 1.78. The third-order valence-electron chi connectivity index (χ3n) is 5.86. The van der Waals surface area contributed by atoms with Crippen molar-refractivity contribution in [2.24, 2.45) is 0 Å². The Labute approximate surface area is 185 Å². The summed E-state index contributed by atoms with van der Waals surface area (Å²) in [7, 11) is 3.76. The van der Waals surface area contributed by atoms with Crippen molar-refractivity contribution in [3.8, 4) is 16.3 Å². The second-order valence-corrected chi connectivity index (χ2v) is 8.99. The van der Waals surface area contributed by atoms with E-state index >= 15 is 0 Å². The van der Waals surface area contributed by atoms with E-state index in [1.807, 2.05) is 29.9 Å². The number of methoxy groups -OCH3 is 1. The van der Waals surface area contributed by atoms with Gasteiger partial charge in [-0.2, -0.15) is 0 Å². The number of imidazole rings is 1. The second kappa shape index (κ2) is 7.39. The van der Waals surface area contributed by atoms with Crippen LogP contribution >= 0.6 is 11.3 Å². The van der Waals surface area contributed by atoms with E-state index < -0.39 is 0 Å².